The zero-order chi connectivity index (χ0) is 15.1. The number of aliphatic hydroxyl groups is 1. The molecule has 5 heteroatoms. The van der Waals surface area contributed by atoms with Gasteiger partial charge in [-0.25, -0.2) is 0 Å². The van der Waals surface area contributed by atoms with Gasteiger partial charge in [0.25, 0.3) is 0 Å². The fourth-order valence-electron chi connectivity index (χ4n) is 1.80. The van der Waals surface area contributed by atoms with Crippen LogP contribution in [-0.4, -0.2) is 30.7 Å². The maximum atomic E-state index is 9.52. The Bertz CT molecular complexity index is 563. The Balaban J connectivity index is 2.13. The Hall–Kier alpha value is -1.91. The first-order chi connectivity index (χ1) is 10.2. The van der Waals surface area contributed by atoms with Crippen molar-refractivity contribution >= 4 is 17.3 Å². The molecule has 0 aliphatic heterocycles. The number of ether oxygens (including phenoxy) is 2. The number of para-hydroxylation sites is 1. The summed E-state index contributed by atoms with van der Waals surface area (Å²) in [7, 11) is 1.59. The summed E-state index contributed by atoms with van der Waals surface area (Å²) in [6, 6.07) is 15.0. The average Bonchev–Trinajstić information content (AvgIpc) is 2.53. The largest absolute Gasteiger partial charge is 0.495 e. The van der Waals surface area contributed by atoms with E-state index in [2.05, 4.69) is 5.32 Å². The summed E-state index contributed by atoms with van der Waals surface area (Å²) in [5, 5.41) is 12.6. The lowest BCUT2D eigenvalue weighted by molar-refractivity contribution is 0.211. The number of alkyl halides is 1. The first-order valence-corrected chi connectivity index (χ1v) is 7.15. The Morgan fingerprint density at radius 1 is 1.14 bits per heavy atom. The first kappa shape index (κ1) is 15.5. The van der Waals surface area contributed by atoms with Crippen molar-refractivity contribution in [3.8, 4) is 17.2 Å². The molecule has 0 bridgehead atoms. The zero-order valence-electron chi connectivity index (χ0n) is 11.8. The van der Waals surface area contributed by atoms with Gasteiger partial charge in [-0.05, 0) is 24.3 Å². The van der Waals surface area contributed by atoms with Gasteiger partial charge >= 0.3 is 0 Å². The Kier molecular flexibility index (Phi) is 5.72. The molecule has 0 spiro atoms. The highest BCUT2D eigenvalue weighted by atomic mass is 35.5. The summed E-state index contributed by atoms with van der Waals surface area (Å²) in [6.07, 6.45) is -0.616. The van der Waals surface area contributed by atoms with Crippen LogP contribution in [0.15, 0.2) is 48.5 Å². The molecule has 2 aromatic rings. The summed E-state index contributed by atoms with van der Waals surface area (Å²) >= 11 is 5.58. The highest BCUT2D eigenvalue weighted by Gasteiger charge is 2.08. The fraction of sp³-hybridized carbons (Fsp3) is 0.250. The van der Waals surface area contributed by atoms with E-state index >= 15 is 0 Å². The Morgan fingerprint density at radius 3 is 2.57 bits per heavy atom. The highest BCUT2D eigenvalue weighted by Crippen LogP contribution is 2.31. The minimum atomic E-state index is -0.616. The van der Waals surface area contributed by atoms with Crippen LogP contribution in [0.1, 0.15) is 0 Å². The van der Waals surface area contributed by atoms with Gasteiger partial charge in [-0.2, -0.15) is 0 Å². The van der Waals surface area contributed by atoms with Crippen LogP contribution in [0.2, 0.25) is 0 Å². The van der Waals surface area contributed by atoms with Crippen molar-refractivity contribution in [3.05, 3.63) is 48.5 Å². The quantitative estimate of drug-likeness (QED) is 0.769. The van der Waals surface area contributed by atoms with Crippen LogP contribution < -0.4 is 14.8 Å². The lowest BCUT2D eigenvalue weighted by Crippen LogP contribution is -2.21. The number of anilines is 1. The van der Waals surface area contributed by atoms with Gasteiger partial charge in [0.15, 0.2) is 0 Å². The van der Waals surface area contributed by atoms with Crippen LogP contribution in [0, 0.1) is 0 Å². The smallest absolute Gasteiger partial charge is 0.142 e. The summed E-state index contributed by atoms with van der Waals surface area (Å²) in [4.78, 5) is 0. The summed E-state index contributed by atoms with van der Waals surface area (Å²) < 4.78 is 11.1. The van der Waals surface area contributed by atoms with Gasteiger partial charge < -0.3 is 19.9 Å². The zero-order valence-corrected chi connectivity index (χ0v) is 12.5. The predicted octanol–water partition coefficient (Wildman–Crippen LogP) is 3.50. The minimum Gasteiger partial charge on any atom is -0.495 e. The number of nitrogens with one attached hydrogen (secondary N) is 1. The van der Waals surface area contributed by atoms with E-state index in [1.165, 1.54) is 0 Å². The maximum absolute atomic E-state index is 9.52. The highest BCUT2D eigenvalue weighted by molar-refractivity contribution is 6.18. The molecule has 2 N–H and O–H groups in total. The topological polar surface area (TPSA) is 50.7 Å². The molecule has 0 amide bonds. The fourth-order valence-corrected chi connectivity index (χ4v) is 1.90. The van der Waals surface area contributed by atoms with Crippen LogP contribution in [0.25, 0.3) is 0 Å². The Morgan fingerprint density at radius 2 is 1.90 bits per heavy atom. The molecule has 0 heterocycles. The number of benzene rings is 2. The van der Waals surface area contributed by atoms with E-state index in [-0.39, 0.29) is 5.88 Å². The van der Waals surface area contributed by atoms with Gasteiger partial charge in [-0.3, -0.25) is 0 Å². The third-order valence-corrected chi connectivity index (χ3v) is 3.21. The van der Waals surface area contributed by atoms with Crippen molar-refractivity contribution in [2.75, 3.05) is 24.9 Å². The van der Waals surface area contributed by atoms with Gasteiger partial charge in [0.1, 0.15) is 17.2 Å². The van der Waals surface area contributed by atoms with Gasteiger partial charge in [0.2, 0.25) is 0 Å². The van der Waals surface area contributed by atoms with Gasteiger partial charge in [0.05, 0.1) is 24.8 Å². The molecular weight excluding hydrogens is 290 g/mol. The second kappa shape index (κ2) is 7.76. The minimum absolute atomic E-state index is 0.176. The molecule has 2 rings (SSSR count). The molecule has 0 aromatic heterocycles. The monoisotopic (exact) mass is 307 g/mol. The third-order valence-electron chi connectivity index (χ3n) is 2.86. The second-order valence-corrected chi connectivity index (χ2v) is 4.77. The van der Waals surface area contributed by atoms with E-state index in [9.17, 15) is 5.11 Å². The van der Waals surface area contributed by atoms with E-state index in [0.717, 1.165) is 11.4 Å². The van der Waals surface area contributed by atoms with Crippen LogP contribution in [0.4, 0.5) is 5.69 Å². The van der Waals surface area contributed by atoms with E-state index < -0.39 is 6.10 Å². The van der Waals surface area contributed by atoms with Crippen molar-refractivity contribution in [3.63, 3.8) is 0 Å². The lowest BCUT2D eigenvalue weighted by atomic mass is 10.2. The molecule has 1 unspecified atom stereocenters. The normalized spacial score (nSPS) is 11.8. The number of halogens is 1. The SMILES string of the molecule is COc1ccc(Oc2ccccc2)cc1NCC(O)CCl. The molecule has 1 atom stereocenters. The molecule has 0 saturated heterocycles. The maximum Gasteiger partial charge on any atom is 0.142 e. The van der Waals surface area contributed by atoms with Gasteiger partial charge in [0, 0.05) is 12.6 Å². The van der Waals surface area contributed by atoms with Crippen molar-refractivity contribution in [2.45, 2.75) is 6.10 Å². The molecule has 4 nitrogen and oxygen atoms in total. The number of aliphatic hydroxyl groups excluding tert-OH is 1. The summed E-state index contributed by atoms with van der Waals surface area (Å²) in [5.41, 5.74) is 0.745. The molecule has 0 fully saturated rings. The van der Waals surface area contributed by atoms with Gasteiger partial charge in [-0.15, -0.1) is 11.6 Å². The number of methoxy groups -OCH3 is 1. The first-order valence-electron chi connectivity index (χ1n) is 6.61. The molecule has 0 aliphatic rings. The molecule has 0 radical (unpaired) electrons. The lowest BCUT2D eigenvalue weighted by Gasteiger charge is -2.15. The average molecular weight is 308 g/mol. The van der Waals surface area contributed by atoms with Crippen LogP contribution in [0.3, 0.4) is 0 Å². The number of hydrogen-bond acceptors (Lipinski definition) is 4. The van der Waals surface area contributed by atoms with Crippen molar-refractivity contribution in [1.29, 1.82) is 0 Å². The molecule has 0 aliphatic carbocycles. The van der Waals surface area contributed by atoms with Crippen LogP contribution in [0.5, 0.6) is 17.2 Å². The molecule has 2 aromatic carbocycles. The van der Waals surface area contributed by atoms with E-state index in [1.54, 1.807) is 7.11 Å². The van der Waals surface area contributed by atoms with Crippen molar-refractivity contribution in [2.24, 2.45) is 0 Å². The molecule has 21 heavy (non-hydrogen) atoms. The predicted molar refractivity (Wildman–Crippen MR) is 84.7 cm³/mol. The van der Waals surface area contributed by atoms with Crippen LogP contribution in [-0.2, 0) is 0 Å². The van der Waals surface area contributed by atoms with Crippen LogP contribution >= 0.6 is 11.6 Å². The Labute approximate surface area is 129 Å². The van der Waals surface area contributed by atoms with Crippen molar-refractivity contribution < 1.29 is 14.6 Å². The number of hydrogen-bond donors (Lipinski definition) is 2. The van der Waals surface area contributed by atoms with E-state index in [1.807, 2.05) is 48.5 Å². The third kappa shape index (κ3) is 4.55. The molecule has 112 valence electrons. The summed E-state index contributed by atoms with van der Waals surface area (Å²) in [5.74, 6) is 2.30. The second-order valence-electron chi connectivity index (χ2n) is 4.47. The standard InChI is InChI=1S/C16H18ClNO3/c1-20-16-8-7-14(21-13-5-3-2-4-6-13)9-15(16)18-11-12(19)10-17/h2-9,12,18-19H,10-11H2,1H3. The van der Waals surface area contributed by atoms with E-state index in [4.69, 9.17) is 21.1 Å². The van der Waals surface area contributed by atoms with Gasteiger partial charge in [-0.1, -0.05) is 18.2 Å². The van der Waals surface area contributed by atoms with E-state index in [0.29, 0.717) is 18.0 Å². The van der Waals surface area contributed by atoms with Crippen molar-refractivity contribution in [1.82, 2.24) is 0 Å². The molecule has 0 saturated carbocycles. The molecular formula is C16H18ClNO3. The summed E-state index contributed by atoms with van der Waals surface area (Å²) in [6.45, 7) is 0.342. The number of rotatable bonds is 7.